The van der Waals surface area contributed by atoms with E-state index in [0.29, 0.717) is 6.04 Å². The monoisotopic (exact) mass is 395 g/mol. The van der Waals surface area contributed by atoms with Crippen LogP contribution in [0.4, 0.5) is 0 Å². The number of ether oxygens (including phenoxy) is 1. The van der Waals surface area contributed by atoms with Gasteiger partial charge in [0.1, 0.15) is 5.75 Å². The van der Waals surface area contributed by atoms with Crippen LogP contribution in [0.15, 0.2) is 54.6 Å². The fourth-order valence-corrected chi connectivity index (χ4v) is 4.77. The highest BCUT2D eigenvalue weighted by Gasteiger charge is 2.51. The van der Waals surface area contributed by atoms with Crippen LogP contribution in [-0.4, -0.2) is 34.8 Å². The summed E-state index contributed by atoms with van der Waals surface area (Å²) in [5, 5.41) is 3.10. The number of para-hydroxylation sites is 1. The zero-order chi connectivity index (χ0) is 19.3. The van der Waals surface area contributed by atoms with Crippen molar-refractivity contribution in [3.63, 3.8) is 0 Å². The van der Waals surface area contributed by atoms with Gasteiger partial charge < -0.3 is 15.1 Å². The number of hydrogen-bond acceptors (Lipinski definition) is 4. The zero-order valence-electron chi connectivity index (χ0n) is 16.4. The van der Waals surface area contributed by atoms with Gasteiger partial charge >= 0.3 is 0 Å². The van der Waals surface area contributed by atoms with Crippen LogP contribution in [0.5, 0.6) is 5.75 Å². The summed E-state index contributed by atoms with van der Waals surface area (Å²) in [6.45, 7) is 6.63. The Hall–Kier alpha value is -2.01. The number of hydrazine groups is 1. The lowest BCUT2D eigenvalue weighted by Crippen LogP contribution is -2.64. The van der Waals surface area contributed by atoms with E-state index < -0.39 is 0 Å². The first-order chi connectivity index (χ1) is 13.6. The third-order valence-electron chi connectivity index (χ3n) is 6.29. The van der Waals surface area contributed by atoms with Gasteiger partial charge in [0, 0.05) is 42.6 Å². The normalized spacial score (nSPS) is 23.7. The second-order valence-corrected chi connectivity index (χ2v) is 8.67. The maximum atomic E-state index is 6.69. The average molecular weight is 396 g/mol. The van der Waals surface area contributed by atoms with E-state index in [0.717, 1.165) is 48.0 Å². The summed E-state index contributed by atoms with van der Waals surface area (Å²) >= 11 is 6.09. The highest BCUT2D eigenvalue weighted by atomic mass is 35.5. The molecule has 0 unspecified atom stereocenters. The molecule has 0 aliphatic carbocycles. The lowest BCUT2D eigenvalue weighted by molar-refractivity contribution is -0.161. The molecule has 3 heterocycles. The standard InChI is InChI=1S/C23H26ClN3O/c1-16(2)26-13-11-23(12-14-26)27-21(19-5-3-4-6-22(19)28-23)15-20(25-27)17-7-9-18(24)10-8-17/h3-10,15-16,21,25H,11-14H2,1-2H3/t21-/m0/s1. The van der Waals surface area contributed by atoms with Crippen LogP contribution in [0.25, 0.3) is 5.70 Å². The van der Waals surface area contributed by atoms with Crippen LogP contribution in [0, 0.1) is 0 Å². The van der Waals surface area contributed by atoms with Crippen molar-refractivity contribution in [2.75, 3.05) is 13.1 Å². The first-order valence-corrected chi connectivity index (χ1v) is 10.5. The summed E-state index contributed by atoms with van der Waals surface area (Å²) in [6, 6.07) is 17.2. The number of halogens is 1. The average Bonchev–Trinajstić information content (AvgIpc) is 3.16. The van der Waals surface area contributed by atoms with E-state index in [1.807, 2.05) is 12.1 Å². The second kappa shape index (κ2) is 6.80. The molecule has 1 atom stereocenters. The first kappa shape index (κ1) is 18.0. The summed E-state index contributed by atoms with van der Waals surface area (Å²) in [7, 11) is 0. The number of nitrogens with one attached hydrogen (secondary N) is 1. The van der Waals surface area contributed by atoms with E-state index in [9.17, 15) is 0 Å². The van der Waals surface area contributed by atoms with Crippen LogP contribution >= 0.6 is 11.6 Å². The molecule has 1 spiro atoms. The minimum Gasteiger partial charge on any atom is -0.470 e. The quantitative estimate of drug-likeness (QED) is 0.787. The Kier molecular flexibility index (Phi) is 4.38. The molecular formula is C23H26ClN3O. The molecule has 28 heavy (non-hydrogen) atoms. The largest absolute Gasteiger partial charge is 0.470 e. The Morgan fingerprint density at radius 2 is 1.79 bits per heavy atom. The van der Waals surface area contributed by atoms with Crippen molar-refractivity contribution < 1.29 is 4.74 Å². The molecule has 1 N–H and O–H groups in total. The van der Waals surface area contributed by atoms with Gasteiger partial charge in [-0.25, -0.2) is 0 Å². The highest BCUT2D eigenvalue weighted by molar-refractivity contribution is 6.30. The van der Waals surface area contributed by atoms with E-state index in [1.165, 1.54) is 5.56 Å². The van der Waals surface area contributed by atoms with Crippen molar-refractivity contribution in [3.05, 3.63) is 70.8 Å². The first-order valence-electron chi connectivity index (χ1n) is 10.1. The van der Waals surface area contributed by atoms with E-state index in [1.54, 1.807) is 0 Å². The molecule has 146 valence electrons. The fourth-order valence-electron chi connectivity index (χ4n) is 4.65. The van der Waals surface area contributed by atoms with Crippen LogP contribution in [-0.2, 0) is 0 Å². The van der Waals surface area contributed by atoms with E-state index >= 15 is 0 Å². The number of rotatable bonds is 2. The van der Waals surface area contributed by atoms with Gasteiger partial charge in [-0.1, -0.05) is 41.9 Å². The predicted octanol–water partition coefficient (Wildman–Crippen LogP) is 4.84. The molecule has 2 aromatic rings. The molecule has 0 saturated carbocycles. The number of likely N-dealkylation sites (tertiary alicyclic amines) is 1. The molecule has 2 aromatic carbocycles. The number of fused-ring (bicyclic) bond motifs is 4. The highest BCUT2D eigenvalue weighted by Crippen LogP contribution is 2.48. The topological polar surface area (TPSA) is 27.7 Å². The Labute approximate surface area is 171 Å². The Balaban J connectivity index is 1.51. The summed E-state index contributed by atoms with van der Waals surface area (Å²) < 4.78 is 6.69. The summed E-state index contributed by atoms with van der Waals surface area (Å²) in [4.78, 5) is 2.54. The minimum atomic E-state index is -0.324. The van der Waals surface area contributed by atoms with Gasteiger partial charge in [-0.15, -0.1) is 0 Å². The van der Waals surface area contributed by atoms with Gasteiger partial charge in [0.15, 0.2) is 5.72 Å². The van der Waals surface area contributed by atoms with Crippen molar-refractivity contribution in [1.29, 1.82) is 0 Å². The lowest BCUT2D eigenvalue weighted by Gasteiger charge is -2.52. The third-order valence-corrected chi connectivity index (χ3v) is 6.54. The molecule has 0 aromatic heterocycles. The number of nitrogens with zero attached hydrogens (tertiary/aromatic N) is 2. The molecule has 5 rings (SSSR count). The summed E-state index contributed by atoms with van der Waals surface area (Å²) in [6.07, 6.45) is 4.27. The molecule has 3 aliphatic rings. The van der Waals surface area contributed by atoms with Gasteiger partial charge in [-0.2, -0.15) is 5.01 Å². The Morgan fingerprint density at radius 1 is 1.07 bits per heavy atom. The molecule has 0 radical (unpaired) electrons. The minimum absolute atomic E-state index is 0.168. The maximum Gasteiger partial charge on any atom is 0.182 e. The molecule has 4 nitrogen and oxygen atoms in total. The van der Waals surface area contributed by atoms with Gasteiger partial charge in [-0.05, 0) is 43.7 Å². The number of piperidine rings is 1. The van der Waals surface area contributed by atoms with Gasteiger partial charge in [0.25, 0.3) is 0 Å². The lowest BCUT2D eigenvalue weighted by atomic mass is 9.92. The van der Waals surface area contributed by atoms with Crippen LogP contribution < -0.4 is 10.2 Å². The fraction of sp³-hybridized carbons (Fsp3) is 0.391. The molecule has 1 fully saturated rings. The smallest absolute Gasteiger partial charge is 0.182 e. The van der Waals surface area contributed by atoms with Crippen molar-refractivity contribution in [2.24, 2.45) is 0 Å². The van der Waals surface area contributed by atoms with Crippen LogP contribution in [0.3, 0.4) is 0 Å². The number of benzene rings is 2. The van der Waals surface area contributed by atoms with Crippen molar-refractivity contribution in [1.82, 2.24) is 15.3 Å². The van der Waals surface area contributed by atoms with E-state index in [2.05, 4.69) is 71.7 Å². The van der Waals surface area contributed by atoms with Crippen molar-refractivity contribution in [2.45, 2.75) is 44.5 Å². The summed E-state index contributed by atoms with van der Waals surface area (Å²) in [5.74, 6) is 1.01. The van der Waals surface area contributed by atoms with Gasteiger partial charge in [0.05, 0.1) is 11.7 Å². The zero-order valence-corrected chi connectivity index (χ0v) is 17.1. The predicted molar refractivity (Wildman–Crippen MR) is 113 cm³/mol. The molecule has 3 aliphatic heterocycles. The molecule has 5 heteroatoms. The Bertz CT molecular complexity index is 900. The van der Waals surface area contributed by atoms with Crippen LogP contribution in [0.1, 0.15) is 43.9 Å². The molecule has 1 saturated heterocycles. The van der Waals surface area contributed by atoms with Crippen molar-refractivity contribution in [3.8, 4) is 5.75 Å². The van der Waals surface area contributed by atoms with Crippen molar-refractivity contribution >= 4 is 17.3 Å². The molecule has 0 bridgehead atoms. The van der Waals surface area contributed by atoms with Gasteiger partial charge in [0.2, 0.25) is 0 Å². The number of hydrogen-bond donors (Lipinski definition) is 1. The van der Waals surface area contributed by atoms with E-state index in [-0.39, 0.29) is 11.8 Å². The second-order valence-electron chi connectivity index (χ2n) is 8.23. The Morgan fingerprint density at radius 3 is 2.50 bits per heavy atom. The molecule has 0 amide bonds. The summed E-state index contributed by atoms with van der Waals surface area (Å²) in [5.41, 5.74) is 6.84. The van der Waals surface area contributed by atoms with Gasteiger partial charge in [-0.3, -0.25) is 0 Å². The maximum absolute atomic E-state index is 6.69. The molecular weight excluding hydrogens is 370 g/mol. The van der Waals surface area contributed by atoms with E-state index in [4.69, 9.17) is 16.3 Å². The third kappa shape index (κ3) is 2.91. The van der Waals surface area contributed by atoms with Crippen LogP contribution in [0.2, 0.25) is 5.02 Å². The SMILES string of the molecule is CC(C)N1CCC2(CC1)Oc1ccccc1[C@@H]1C=C(c3ccc(Cl)cc3)NN12.